The van der Waals surface area contributed by atoms with Gasteiger partial charge in [-0.15, -0.1) is 0 Å². The molecule has 20 heavy (non-hydrogen) atoms. The minimum atomic E-state index is 0.944. The van der Waals surface area contributed by atoms with Crippen LogP contribution in [0.15, 0.2) is 22.7 Å². The summed E-state index contributed by atoms with van der Waals surface area (Å²) >= 11 is 3.60. The molecule has 1 aromatic carbocycles. The molecule has 0 saturated carbocycles. The molecule has 0 radical (unpaired) electrons. The van der Waals surface area contributed by atoms with Crippen molar-refractivity contribution in [2.45, 2.75) is 53.0 Å². The second-order valence-electron chi connectivity index (χ2n) is 5.25. The first-order chi connectivity index (χ1) is 9.72. The molecule has 0 aromatic heterocycles. The van der Waals surface area contributed by atoms with Gasteiger partial charge in [0.15, 0.2) is 0 Å². The molecule has 0 aliphatic heterocycles. The third-order valence-corrected chi connectivity index (χ3v) is 4.00. The number of nitrogens with one attached hydrogen (secondary N) is 1. The lowest BCUT2D eigenvalue weighted by Gasteiger charge is -2.27. The van der Waals surface area contributed by atoms with E-state index in [0.717, 1.165) is 26.2 Å². The fraction of sp³-hybridized carbons (Fsp3) is 0.647. The summed E-state index contributed by atoms with van der Waals surface area (Å²) in [5.74, 6) is 0. The van der Waals surface area contributed by atoms with E-state index in [-0.39, 0.29) is 0 Å². The van der Waals surface area contributed by atoms with Gasteiger partial charge in [-0.2, -0.15) is 0 Å². The zero-order valence-electron chi connectivity index (χ0n) is 13.2. The van der Waals surface area contributed by atoms with Gasteiger partial charge in [0, 0.05) is 29.8 Å². The molecule has 0 atom stereocenters. The molecule has 2 nitrogen and oxygen atoms in total. The highest BCUT2D eigenvalue weighted by Gasteiger charge is 2.11. The molecule has 1 rings (SSSR count). The van der Waals surface area contributed by atoms with Crippen LogP contribution in [0.2, 0.25) is 0 Å². The molecule has 0 amide bonds. The van der Waals surface area contributed by atoms with Gasteiger partial charge in [0.05, 0.1) is 0 Å². The highest BCUT2D eigenvalue weighted by molar-refractivity contribution is 9.10. The standard InChI is InChI=1S/C17H29BrN2/c1-4-7-11-20(12-8-5-2)17-10-9-16(18)13-15(17)14-19-6-3/h9-10,13,19H,4-8,11-12,14H2,1-3H3. The zero-order valence-corrected chi connectivity index (χ0v) is 14.8. The number of rotatable bonds is 10. The quantitative estimate of drug-likeness (QED) is 0.647. The van der Waals surface area contributed by atoms with Crippen LogP contribution in [0, 0.1) is 0 Å². The van der Waals surface area contributed by atoms with E-state index >= 15 is 0 Å². The van der Waals surface area contributed by atoms with Gasteiger partial charge in [-0.25, -0.2) is 0 Å². The van der Waals surface area contributed by atoms with Gasteiger partial charge in [-0.3, -0.25) is 0 Å². The van der Waals surface area contributed by atoms with Crippen molar-refractivity contribution in [1.29, 1.82) is 0 Å². The van der Waals surface area contributed by atoms with Crippen LogP contribution in [-0.2, 0) is 6.54 Å². The monoisotopic (exact) mass is 340 g/mol. The third kappa shape index (κ3) is 5.84. The van der Waals surface area contributed by atoms with Crippen LogP contribution in [0.4, 0.5) is 5.69 Å². The van der Waals surface area contributed by atoms with E-state index in [1.54, 1.807) is 0 Å². The number of halogens is 1. The lowest BCUT2D eigenvalue weighted by atomic mass is 10.1. The van der Waals surface area contributed by atoms with Gasteiger partial charge < -0.3 is 10.2 Å². The average molecular weight is 341 g/mol. The third-order valence-electron chi connectivity index (χ3n) is 3.51. The summed E-state index contributed by atoms with van der Waals surface area (Å²) in [7, 11) is 0. The average Bonchev–Trinajstić information content (AvgIpc) is 2.46. The lowest BCUT2D eigenvalue weighted by Crippen LogP contribution is -2.27. The molecule has 0 unspecified atom stereocenters. The summed E-state index contributed by atoms with van der Waals surface area (Å²) in [5, 5.41) is 3.45. The second kappa shape index (κ2) is 10.2. The molecule has 0 heterocycles. The van der Waals surface area contributed by atoms with E-state index in [4.69, 9.17) is 0 Å². The minimum absolute atomic E-state index is 0.944. The Balaban J connectivity index is 2.90. The molecule has 1 N–H and O–H groups in total. The Labute approximate surface area is 133 Å². The highest BCUT2D eigenvalue weighted by atomic mass is 79.9. The molecule has 1 aromatic rings. The van der Waals surface area contributed by atoms with Crippen molar-refractivity contribution >= 4 is 21.6 Å². The van der Waals surface area contributed by atoms with Gasteiger partial charge in [-0.05, 0) is 43.1 Å². The van der Waals surface area contributed by atoms with Crippen LogP contribution in [-0.4, -0.2) is 19.6 Å². The Kier molecular flexibility index (Phi) is 8.95. The van der Waals surface area contributed by atoms with Crippen LogP contribution in [0.3, 0.4) is 0 Å². The van der Waals surface area contributed by atoms with Gasteiger partial charge in [-0.1, -0.05) is 49.5 Å². The van der Waals surface area contributed by atoms with E-state index in [2.05, 4.69) is 65.1 Å². The molecule has 0 saturated heterocycles. The second-order valence-corrected chi connectivity index (χ2v) is 6.16. The molecular formula is C17H29BrN2. The first kappa shape index (κ1) is 17.5. The van der Waals surface area contributed by atoms with Crippen LogP contribution >= 0.6 is 15.9 Å². The normalized spacial score (nSPS) is 10.8. The molecule has 0 fully saturated rings. The maximum Gasteiger partial charge on any atom is 0.0412 e. The van der Waals surface area contributed by atoms with Crippen LogP contribution in [0.25, 0.3) is 0 Å². The van der Waals surface area contributed by atoms with E-state index in [9.17, 15) is 0 Å². The SMILES string of the molecule is CCCCN(CCCC)c1ccc(Br)cc1CNCC. The van der Waals surface area contributed by atoms with Crippen molar-refractivity contribution in [3.8, 4) is 0 Å². The van der Waals surface area contributed by atoms with Crippen molar-refractivity contribution in [2.24, 2.45) is 0 Å². The van der Waals surface area contributed by atoms with Crippen molar-refractivity contribution in [1.82, 2.24) is 5.32 Å². The molecule has 0 spiro atoms. The minimum Gasteiger partial charge on any atom is -0.371 e. The predicted octanol–water partition coefficient (Wildman–Crippen LogP) is 4.97. The Morgan fingerprint density at radius 1 is 1.05 bits per heavy atom. The topological polar surface area (TPSA) is 15.3 Å². The lowest BCUT2D eigenvalue weighted by molar-refractivity contribution is 0.668. The summed E-state index contributed by atoms with van der Waals surface area (Å²) in [4.78, 5) is 2.56. The summed E-state index contributed by atoms with van der Waals surface area (Å²) in [6.07, 6.45) is 5.03. The Morgan fingerprint density at radius 3 is 2.25 bits per heavy atom. The largest absolute Gasteiger partial charge is 0.371 e. The van der Waals surface area contributed by atoms with Gasteiger partial charge in [0.1, 0.15) is 0 Å². The molecular weight excluding hydrogens is 312 g/mol. The number of hydrogen-bond donors (Lipinski definition) is 1. The van der Waals surface area contributed by atoms with Gasteiger partial charge >= 0.3 is 0 Å². The summed E-state index contributed by atoms with van der Waals surface area (Å²) in [6.45, 7) is 11.0. The number of hydrogen-bond acceptors (Lipinski definition) is 2. The molecule has 0 aliphatic carbocycles. The van der Waals surface area contributed by atoms with E-state index in [1.165, 1.54) is 41.4 Å². The van der Waals surface area contributed by atoms with E-state index in [1.807, 2.05) is 0 Å². The molecule has 0 bridgehead atoms. The summed E-state index contributed by atoms with van der Waals surface area (Å²) in [5.41, 5.74) is 2.80. The molecule has 114 valence electrons. The number of benzene rings is 1. The van der Waals surface area contributed by atoms with E-state index in [0.29, 0.717) is 0 Å². The maximum absolute atomic E-state index is 3.60. The fourth-order valence-electron chi connectivity index (χ4n) is 2.31. The van der Waals surface area contributed by atoms with E-state index < -0.39 is 0 Å². The maximum atomic E-state index is 3.60. The van der Waals surface area contributed by atoms with Crippen molar-refractivity contribution < 1.29 is 0 Å². The number of nitrogens with zero attached hydrogens (tertiary/aromatic N) is 1. The summed E-state index contributed by atoms with van der Waals surface area (Å²) < 4.78 is 1.17. The van der Waals surface area contributed by atoms with Crippen molar-refractivity contribution in [3.05, 3.63) is 28.2 Å². The zero-order chi connectivity index (χ0) is 14.8. The van der Waals surface area contributed by atoms with Crippen LogP contribution in [0.5, 0.6) is 0 Å². The Hall–Kier alpha value is -0.540. The van der Waals surface area contributed by atoms with Gasteiger partial charge in [0.2, 0.25) is 0 Å². The summed E-state index contributed by atoms with van der Waals surface area (Å²) in [6, 6.07) is 6.68. The van der Waals surface area contributed by atoms with Crippen molar-refractivity contribution in [3.63, 3.8) is 0 Å². The Bertz CT molecular complexity index is 371. The van der Waals surface area contributed by atoms with Crippen LogP contribution < -0.4 is 10.2 Å². The predicted molar refractivity (Wildman–Crippen MR) is 93.6 cm³/mol. The number of unbranched alkanes of at least 4 members (excludes halogenated alkanes) is 2. The highest BCUT2D eigenvalue weighted by Crippen LogP contribution is 2.25. The van der Waals surface area contributed by atoms with Crippen LogP contribution in [0.1, 0.15) is 52.0 Å². The van der Waals surface area contributed by atoms with Crippen molar-refractivity contribution in [2.75, 3.05) is 24.5 Å². The fourth-order valence-corrected chi connectivity index (χ4v) is 2.72. The van der Waals surface area contributed by atoms with Gasteiger partial charge in [0.25, 0.3) is 0 Å². The smallest absolute Gasteiger partial charge is 0.0412 e. The Morgan fingerprint density at radius 2 is 1.70 bits per heavy atom. The first-order valence-corrected chi connectivity index (χ1v) is 8.76. The molecule has 3 heteroatoms. The first-order valence-electron chi connectivity index (χ1n) is 7.97. The number of anilines is 1. The molecule has 0 aliphatic rings.